The van der Waals surface area contributed by atoms with Gasteiger partial charge in [-0.25, -0.2) is 0 Å². The van der Waals surface area contributed by atoms with Crippen molar-refractivity contribution in [3.8, 4) is 5.75 Å². The zero-order valence-corrected chi connectivity index (χ0v) is 9.84. The fourth-order valence-corrected chi connectivity index (χ4v) is 1.40. The second-order valence-corrected chi connectivity index (χ2v) is 3.35. The topological polar surface area (TPSA) is 38.3 Å². The summed E-state index contributed by atoms with van der Waals surface area (Å²) in [6.45, 7) is 1.67. The molecule has 0 aliphatic rings. The minimum atomic E-state index is -4.72. The van der Waals surface area contributed by atoms with Crippen LogP contribution in [0.5, 0.6) is 5.75 Å². The van der Waals surface area contributed by atoms with Crippen LogP contribution in [0.15, 0.2) is 30.3 Å². The molecule has 1 aromatic rings. The maximum Gasteiger partial charge on any atom is 0.573 e. The molecule has 0 aliphatic heterocycles. The van der Waals surface area contributed by atoms with Crippen LogP contribution in [0.1, 0.15) is 12.5 Å². The van der Waals surface area contributed by atoms with E-state index in [0.717, 1.165) is 12.1 Å². The van der Waals surface area contributed by atoms with E-state index in [1.54, 1.807) is 13.0 Å². The number of ether oxygens (including phenoxy) is 1. The van der Waals surface area contributed by atoms with Crippen molar-refractivity contribution in [1.82, 2.24) is 5.32 Å². The highest BCUT2D eigenvalue weighted by atomic mass is 19.4. The summed E-state index contributed by atoms with van der Waals surface area (Å²) in [5.74, 6) is -0.624. The van der Waals surface area contributed by atoms with Crippen molar-refractivity contribution in [2.45, 2.75) is 13.3 Å². The van der Waals surface area contributed by atoms with Gasteiger partial charge < -0.3 is 10.1 Å². The van der Waals surface area contributed by atoms with Crippen molar-refractivity contribution >= 4 is 11.5 Å². The molecular formula is C12H12F3NO2. The largest absolute Gasteiger partial charge is 0.573 e. The molecule has 1 amide bonds. The maximum absolute atomic E-state index is 12.0. The number of amides is 1. The van der Waals surface area contributed by atoms with Gasteiger partial charge >= 0.3 is 6.36 Å². The summed E-state index contributed by atoms with van der Waals surface area (Å²) in [6, 6.07) is 5.11. The SMILES string of the molecule is C/C=C(\C(=O)NC)c1ccc(OC(F)(F)F)cc1. The first-order valence-electron chi connectivity index (χ1n) is 5.12. The van der Waals surface area contributed by atoms with Gasteiger partial charge in [0.15, 0.2) is 0 Å². The Morgan fingerprint density at radius 1 is 1.28 bits per heavy atom. The van der Waals surface area contributed by atoms with Crippen LogP contribution in [0.3, 0.4) is 0 Å². The van der Waals surface area contributed by atoms with Gasteiger partial charge in [0.1, 0.15) is 5.75 Å². The number of halogens is 3. The molecule has 3 nitrogen and oxygen atoms in total. The third-order valence-electron chi connectivity index (χ3n) is 2.16. The molecule has 0 aliphatic carbocycles. The number of alkyl halides is 3. The Labute approximate surface area is 102 Å². The Morgan fingerprint density at radius 2 is 1.83 bits per heavy atom. The summed E-state index contributed by atoms with van der Waals surface area (Å²) in [4.78, 5) is 11.5. The lowest BCUT2D eigenvalue weighted by atomic mass is 10.1. The quantitative estimate of drug-likeness (QED) is 0.847. The van der Waals surface area contributed by atoms with E-state index in [1.165, 1.54) is 19.2 Å². The third-order valence-corrected chi connectivity index (χ3v) is 2.16. The minimum Gasteiger partial charge on any atom is -0.406 e. The van der Waals surface area contributed by atoms with Crippen LogP contribution in [0.25, 0.3) is 5.57 Å². The first-order chi connectivity index (χ1) is 8.37. The number of rotatable bonds is 3. The van der Waals surface area contributed by atoms with Crippen molar-refractivity contribution < 1.29 is 22.7 Å². The molecule has 0 bridgehead atoms. The van der Waals surface area contributed by atoms with Gasteiger partial charge in [0, 0.05) is 12.6 Å². The molecule has 0 atom stereocenters. The number of carbonyl (C=O) groups is 1. The number of likely N-dealkylation sites (N-methyl/N-ethyl adjacent to an activating group) is 1. The minimum absolute atomic E-state index is 0.304. The molecule has 1 rings (SSSR count). The van der Waals surface area contributed by atoms with Crippen molar-refractivity contribution in [2.24, 2.45) is 0 Å². The van der Waals surface area contributed by atoms with E-state index in [0.29, 0.717) is 11.1 Å². The Kier molecular flexibility index (Phi) is 4.36. The predicted octanol–water partition coefficient (Wildman–Crippen LogP) is 2.73. The molecular weight excluding hydrogens is 247 g/mol. The Bertz CT molecular complexity index is 449. The molecule has 0 radical (unpaired) electrons. The lowest BCUT2D eigenvalue weighted by Gasteiger charge is -2.10. The monoisotopic (exact) mass is 259 g/mol. The van der Waals surface area contributed by atoms with Crippen LogP contribution >= 0.6 is 0 Å². The lowest BCUT2D eigenvalue weighted by Crippen LogP contribution is -2.19. The number of carbonyl (C=O) groups excluding carboxylic acids is 1. The van der Waals surface area contributed by atoms with Gasteiger partial charge in [-0.05, 0) is 24.6 Å². The standard InChI is InChI=1S/C12H12F3NO2/c1-3-10(11(17)16-2)8-4-6-9(7-5-8)18-12(13,14)15/h3-7H,1-2H3,(H,16,17)/b10-3-. The summed E-state index contributed by atoms with van der Waals surface area (Å²) in [5, 5.41) is 2.45. The zero-order chi connectivity index (χ0) is 13.8. The Hall–Kier alpha value is -1.98. The van der Waals surface area contributed by atoms with Gasteiger partial charge in [-0.3, -0.25) is 4.79 Å². The van der Waals surface area contributed by atoms with Gasteiger partial charge in [0.2, 0.25) is 0 Å². The molecule has 1 N–H and O–H groups in total. The average Bonchev–Trinajstić information content (AvgIpc) is 2.30. The van der Waals surface area contributed by atoms with Crippen molar-refractivity contribution in [3.63, 3.8) is 0 Å². The second kappa shape index (κ2) is 5.57. The summed E-state index contributed by atoms with van der Waals surface area (Å²) < 4.78 is 39.6. The maximum atomic E-state index is 12.0. The Morgan fingerprint density at radius 3 is 2.22 bits per heavy atom. The van der Waals surface area contributed by atoms with E-state index in [4.69, 9.17) is 0 Å². The van der Waals surface area contributed by atoms with Gasteiger partial charge in [-0.2, -0.15) is 0 Å². The normalized spacial score (nSPS) is 12.2. The third kappa shape index (κ3) is 3.80. The van der Waals surface area contributed by atoms with E-state index in [2.05, 4.69) is 10.1 Å². The van der Waals surface area contributed by atoms with Gasteiger partial charge in [0.05, 0.1) is 0 Å². The van der Waals surface area contributed by atoms with Crippen LogP contribution in [0, 0.1) is 0 Å². The molecule has 18 heavy (non-hydrogen) atoms. The fraction of sp³-hybridized carbons (Fsp3) is 0.250. The van der Waals surface area contributed by atoms with Crippen molar-refractivity contribution in [1.29, 1.82) is 0 Å². The number of benzene rings is 1. The van der Waals surface area contributed by atoms with E-state index < -0.39 is 6.36 Å². The van der Waals surface area contributed by atoms with Crippen molar-refractivity contribution in [3.05, 3.63) is 35.9 Å². The smallest absolute Gasteiger partial charge is 0.406 e. The first kappa shape index (κ1) is 14.1. The molecule has 0 spiro atoms. The molecule has 0 aromatic heterocycles. The van der Waals surface area contributed by atoms with Gasteiger partial charge in [-0.15, -0.1) is 13.2 Å². The molecule has 0 saturated carbocycles. The molecule has 1 aromatic carbocycles. The fourth-order valence-electron chi connectivity index (χ4n) is 1.40. The summed E-state index contributed by atoms with van der Waals surface area (Å²) in [5.41, 5.74) is 0.905. The second-order valence-electron chi connectivity index (χ2n) is 3.35. The highest BCUT2D eigenvalue weighted by Gasteiger charge is 2.31. The predicted molar refractivity (Wildman–Crippen MR) is 60.8 cm³/mol. The van der Waals surface area contributed by atoms with Crippen LogP contribution in [-0.2, 0) is 4.79 Å². The van der Waals surface area contributed by atoms with Gasteiger partial charge in [0.25, 0.3) is 5.91 Å². The number of allylic oxidation sites excluding steroid dienone is 1. The number of nitrogens with one attached hydrogen (secondary N) is 1. The number of hydrogen-bond donors (Lipinski definition) is 1. The summed E-state index contributed by atoms with van der Waals surface area (Å²) in [6.07, 6.45) is -3.13. The summed E-state index contributed by atoms with van der Waals surface area (Å²) in [7, 11) is 1.48. The van der Waals surface area contributed by atoms with E-state index >= 15 is 0 Å². The van der Waals surface area contributed by atoms with E-state index in [1.807, 2.05) is 0 Å². The van der Waals surface area contributed by atoms with Crippen LogP contribution < -0.4 is 10.1 Å². The molecule has 0 fully saturated rings. The Balaban J connectivity index is 2.92. The summed E-state index contributed by atoms with van der Waals surface area (Å²) >= 11 is 0. The van der Waals surface area contributed by atoms with Crippen LogP contribution in [-0.4, -0.2) is 19.3 Å². The molecule has 0 heterocycles. The highest BCUT2D eigenvalue weighted by Crippen LogP contribution is 2.24. The van der Waals surface area contributed by atoms with E-state index in [-0.39, 0.29) is 11.7 Å². The molecule has 98 valence electrons. The van der Waals surface area contributed by atoms with Gasteiger partial charge in [-0.1, -0.05) is 18.2 Å². The van der Waals surface area contributed by atoms with Crippen LogP contribution in [0.2, 0.25) is 0 Å². The van der Waals surface area contributed by atoms with Crippen LogP contribution in [0.4, 0.5) is 13.2 Å². The van der Waals surface area contributed by atoms with Crippen molar-refractivity contribution in [2.75, 3.05) is 7.05 Å². The number of hydrogen-bond acceptors (Lipinski definition) is 2. The molecule has 6 heteroatoms. The average molecular weight is 259 g/mol. The molecule has 0 saturated heterocycles. The molecule has 0 unspecified atom stereocenters. The van der Waals surface area contributed by atoms with E-state index in [9.17, 15) is 18.0 Å². The first-order valence-corrected chi connectivity index (χ1v) is 5.12. The zero-order valence-electron chi connectivity index (χ0n) is 9.84. The lowest BCUT2D eigenvalue weighted by molar-refractivity contribution is -0.274. The highest BCUT2D eigenvalue weighted by molar-refractivity contribution is 6.19.